The molecule has 0 fully saturated rings. The fourth-order valence-electron chi connectivity index (χ4n) is 1.50. The van der Waals surface area contributed by atoms with Gasteiger partial charge in [-0.2, -0.15) is 0 Å². The molecule has 0 aromatic heterocycles. The van der Waals surface area contributed by atoms with E-state index in [-0.39, 0.29) is 6.04 Å². The normalized spacial score (nSPS) is 12.3. The van der Waals surface area contributed by atoms with Gasteiger partial charge in [-0.25, -0.2) is 0 Å². The third kappa shape index (κ3) is 3.21. The summed E-state index contributed by atoms with van der Waals surface area (Å²) in [6.07, 6.45) is 0. The van der Waals surface area contributed by atoms with Crippen molar-refractivity contribution in [2.75, 3.05) is 0 Å². The van der Waals surface area contributed by atoms with E-state index in [0.29, 0.717) is 15.0 Å². The van der Waals surface area contributed by atoms with Crippen LogP contribution >= 0.6 is 0 Å². The molecule has 2 aromatic rings. The maximum atomic E-state index is 6.16. The number of hydrogen-bond donors (Lipinski definition) is 1. The van der Waals surface area contributed by atoms with E-state index in [1.54, 1.807) is 0 Å². The third-order valence-corrected chi connectivity index (χ3v) is 4.77. The Morgan fingerprint density at radius 3 is 2.06 bits per heavy atom. The van der Waals surface area contributed by atoms with Crippen molar-refractivity contribution < 1.29 is 0 Å². The Bertz CT molecular complexity index is 413. The van der Waals surface area contributed by atoms with Gasteiger partial charge >= 0.3 is 103 Å². The van der Waals surface area contributed by atoms with Gasteiger partial charge in [0.05, 0.1) is 0 Å². The minimum absolute atomic E-state index is 0.168. The molecular weight excluding hydrogens is 261 g/mol. The number of hydrogen-bond acceptors (Lipinski definition) is 1. The molecule has 1 atom stereocenters. The molecule has 0 heterocycles. The summed E-state index contributed by atoms with van der Waals surface area (Å²) in [4.78, 5) is 0. The molecule has 0 aliphatic rings. The summed E-state index contributed by atoms with van der Waals surface area (Å²) in [7, 11) is 0. The molecule has 0 saturated heterocycles. The molecule has 0 spiro atoms. The van der Waals surface area contributed by atoms with E-state index in [2.05, 4.69) is 42.5 Å². The van der Waals surface area contributed by atoms with Crippen molar-refractivity contribution in [1.82, 2.24) is 0 Å². The molecular formula is C14H15NSe. The Balaban J connectivity index is 1.92. The van der Waals surface area contributed by atoms with Crippen LogP contribution in [0, 0.1) is 0 Å². The van der Waals surface area contributed by atoms with Gasteiger partial charge in [0, 0.05) is 0 Å². The molecule has 1 nitrogen and oxygen atoms in total. The first-order chi connectivity index (χ1) is 7.86. The van der Waals surface area contributed by atoms with Crippen LogP contribution in [0.15, 0.2) is 60.7 Å². The first-order valence-electron chi connectivity index (χ1n) is 5.34. The summed E-state index contributed by atoms with van der Waals surface area (Å²) in [6, 6.07) is 21.1. The van der Waals surface area contributed by atoms with E-state index in [0.717, 1.165) is 5.32 Å². The van der Waals surface area contributed by atoms with Crippen LogP contribution in [0.5, 0.6) is 0 Å². The maximum absolute atomic E-state index is 6.16. The first-order valence-corrected chi connectivity index (χ1v) is 7.41. The van der Waals surface area contributed by atoms with Crippen molar-refractivity contribution in [3.63, 3.8) is 0 Å². The zero-order valence-electron chi connectivity index (χ0n) is 9.04. The minimum atomic E-state index is 0.168. The molecule has 0 saturated carbocycles. The summed E-state index contributed by atoms with van der Waals surface area (Å²) in [5.74, 6) is 0. The number of benzene rings is 2. The topological polar surface area (TPSA) is 26.0 Å². The predicted molar refractivity (Wildman–Crippen MR) is 70.0 cm³/mol. The average molecular weight is 276 g/mol. The van der Waals surface area contributed by atoms with Crippen LogP contribution < -0.4 is 10.2 Å². The molecule has 2 aromatic carbocycles. The molecule has 2 rings (SSSR count). The Kier molecular flexibility index (Phi) is 4.17. The zero-order chi connectivity index (χ0) is 11.2. The van der Waals surface area contributed by atoms with Crippen LogP contribution in [0.1, 0.15) is 11.6 Å². The van der Waals surface area contributed by atoms with Gasteiger partial charge in [0.2, 0.25) is 0 Å². The summed E-state index contributed by atoms with van der Waals surface area (Å²) in [5.41, 5.74) is 7.39. The third-order valence-electron chi connectivity index (χ3n) is 2.40. The Labute approximate surface area is 103 Å². The Morgan fingerprint density at radius 1 is 0.875 bits per heavy atom. The van der Waals surface area contributed by atoms with Crippen molar-refractivity contribution >= 4 is 19.4 Å². The molecule has 16 heavy (non-hydrogen) atoms. The summed E-state index contributed by atoms with van der Waals surface area (Å²) in [5, 5.41) is 1.06. The van der Waals surface area contributed by atoms with Crippen molar-refractivity contribution in [2.45, 2.75) is 11.4 Å². The first kappa shape index (κ1) is 11.4. The number of rotatable bonds is 4. The van der Waals surface area contributed by atoms with E-state index in [1.807, 2.05) is 18.2 Å². The fraction of sp³-hybridized carbons (Fsp3) is 0.143. The molecule has 82 valence electrons. The molecule has 1 unspecified atom stereocenters. The van der Waals surface area contributed by atoms with Gasteiger partial charge in [-0.1, -0.05) is 0 Å². The van der Waals surface area contributed by atoms with Gasteiger partial charge < -0.3 is 0 Å². The van der Waals surface area contributed by atoms with Crippen molar-refractivity contribution in [2.24, 2.45) is 5.73 Å². The Hall–Kier alpha value is -1.08. The van der Waals surface area contributed by atoms with Crippen LogP contribution in [-0.4, -0.2) is 15.0 Å². The van der Waals surface area contributed by atoms with E-state index < -0.39 is 0 Å². The average Bonchev–Trinajstić information content (AvgIpc) is 2.38. The van der Waals surface area contributed by atoms with E-state index in [4.69, 9.17) is 5.73 Å². The van der Waals surface area contributed by atoms with Gasteiger partial charge in [0.15, 0.2) is 0 Å². The molecule has 0 radical (unpaired) electrons. The molecule has 0 amide bonds. The van der Waals surface area contributed by atoms with Crippen molar-refractivity contribution in [3.05, 3.63) is 66.2 Å². The van der Waals surface area contributed by atoms with E-state index in [9.17, 15) is 0 Å². The van der Waals surface area contributed by atoms with Crippen LogP contribution in [0.3, 0.4) is 0 Å². The summed E-state index contributed by atoms with van der Waals surface area (Å²) < 4.78 is 1.42. The summed E-state index contributed by atoms with van der Waals surface area (Å²) in [6.45, 7) is 0. The molecule has 2 N–H and O–H groups in total. The second kappa shape index (κ2) is 5.86. The zero-order valence-corrected chi connectivity index (χ0v) is 10.8. The van der Waals surface area contributed by atoms with Gasteiger partial charge in [0.25, 0.3) is 0 Å². The van der Waals surface area contributed by atoms with Gasteiger partial charge in [0.1, 0.15) is 0 Å². The van der Waals surface area contributed by atoms with Gasteiger partial charge in [-0.05, 0) is 0 Å². The molecule has 2 heteroatoms. The quantitative estimate of drug-likeness (QED) is 0.851. The second-order valence-corrected chi connectivity index (χ2v) is 5.94. The van der Waals surface area contributed by atoms with Crippen LogP contribution in [0.25, 0.3) is 0 Å². The van der Waals surface area contributed by atoms with Gasteiger partial charge in [-0.3, -0.25) is 0 Å². The Morgan fingerprint density at radius 2 is 1.44 bits per heavy atom. The van der Waals surface area contributed by atoms with Crippen LogP contribution in [0.4, 0.5) is 0 Å². The van der Waals surface area contributed by atoms with Crippen molar-refractivity contribution in [3.8, 4) is 0 Å². The van der Waals surface area contributed by atoms with Crippen LogP contribution in [-0.2, 0) is 0 Å². The van der Waals surface area contributed by atoms with Crippen molar-refractivity contribution in [1.29, 1.82) is 0 Å². The molecule has 0 bridgehead atoms. The SMILES string of the molecule is NC(C[Se]c1ccccc1)c1ccccc1. The second-order valence-electron chi connectivity index (χ2n) is 3.64. The predicted octanol–water partition coefficient (Wildman–Crippen LogP) is 2.13. The van der Waals surface area contributed by atoms with Gasteiger partial charge in [-0.15, -0.1) is 0 Å². The van der Waals surface area contributed by atoms with E-state index in [1.165, 1.54) is 10.0 Å². The summed E-state index contributed by atoms with van der Waals surface area (Å²) >= 11 is 0.469. The standard InChI is InChI=1S/C14H15NSe/c15-14(12-7-3-1-4-8-12)11-16-13-9-5-2-6-10-13/h1-10,14H,11,15H2. The van der Waals surface area contributed by atoms with Crippen LogP contribution in [0.2, 0.25) is 5.32 Å². The van der Waals surface area contributed by atoms with E-state index >= 15 is 0 Å². The fourth-order valence-corrected chi connectivity index (χ4v) is 3.42. The molecule has 0 aliphatic carbocycles. The monoisotopic (exact) mass is 277 g/mol. The number of nitrogens with two attached hydrogens (primary N) is 1. The molecule has 0 aliphatic heterocycles.